The molecule has 0 bridgehead atoms. The van der Waals surface area contributed by atoms with Crippen LogP contribution in [-0.4, -0.2) is 12.9 Å². The summed E-state index contributed by atoms with van der Waals surface area (Å²) in [5, 5.41) is 2.35. The highest BCUT2D eigenvalue weighted by Gasteiger charge is 2.12. The quantitative estimate of drug-likeness (QED) is 0.337. The molecule has 3 aromatic carbocycles. The summed E-state index contributed by atoms with van der Waals surface area (Å²) in [6, 6.07) is 21.8. The molecule has 0 radical (unpaired) electrons. The van der Waals surface area contributed by atoms with E-state index in [2.05, 4.69) is 18.2 Å². The predicted octanol–water partition coefficient (Wildman–Crippen LogP) is 5.96. The van der Waals surface area contributed by atoms with E-state index in [4.69, 9.17) is 4.74 Å². The van der Waals surface area contributed by atoms with E-state index in [0.29, 0.717) is 0 Å². The maximum absolute atomic E-state index is 12.7. The van der Waals surface area contributed by atoms with Crippen molar-refractivity contribution in [2.24, 2.45) is 0 Å². The van der Waals surface area contributed by atoms with Crippen molar-refractivity contribution in [2.75, 3.05) is 7.11 Å². The Balaban J connectivity index is 1.70. The zero-order valence-corrected chi connectivity index (χ0v) is 14.5. The number of carbonyl (C=O) groups is 1. The molecule has 0 unspecified atom stereocenters. The largest absolute Gasteiger partial charge is 0.497 e. The minimum absolute atomic E-state index is 0.0213. The van der Waals surface area contributed by atoms with E-state index in [1.807, 2.05) is 54.6 Å². The minimum Gasteiger partial charge on any atom is -0.497 e. The number of methoxy groups -OCH3 is 1. The fraction of sp³-hybridized carbons (Fsp3) is 0.0455. The Morgan fingerprint density at radius 2 is 1.68 bits per heavy atom. The van der Waals surface area contributed by atoms with Gasteiger partial charge < -0.3 is 4.74 Å². The van der Waals surface area contributed by atoms with Gasteiger partial charge in [0.25, 0.3) is 0 Å². The van der Waals surface area contributed by atoms with E-state index in [-0.39, 0.29) is 5.78 Å². The maximum Gasteiger partial charge on any atom is 0.187 e. The van der Waals surface area contributed by atoms with E-state index >= 15 is 0 Å². The third-order valence-corrected chi connectivity index (χ3v) is 5.43. The standard InChI is InChI=1S/C22H16O2S/c1-24-16-12-9-15(10-13-16)11-14-20(23)19-7-4-6-18-17-5-2-3-8-21(17)25-22(18)19/h2-14H,1H3/b14-11+. The van der Waals surface area contributed by atoms with Crippen LogP contribution < -0.4 is 4.74 Å². The molecular weight excluding hydrogens is 328 g/mol. The molecule has 0 fully saturated rings. The van der Waals surface area contributed by atoms with Gasteiger partial charge in [0.1, 0.15) is 5.75 Å². The number of ketones is 1. The normalized spacial score (nSPS) is 11.4. The number of fused-ring (bicyclic) bond motifs is 3. The molecule has 4 aromatic rings. The summed E-state index contributed by atoms with van der Waals surface area (Å²) < 4.78 is 7.41. The molecule has 4 rings (SSSR count). The van der Waals surface area contributed by atoms with Gasteiger partial charge in [0, 0.05) is 25.7 Å². The molecule has 25 heavy (non-hydrogen) atoms. The number of thiophene rings is 1. The number of ether oxygens (including phenoxy) is 1. The number of rotatable bonds is 4. The highest BCUT2D eigenvalue weighted by Crippen LogP contribution is 2.35. The van der Waals surface area contributed by atoms with Crippen LogP contribution in [0, 0.1) is 0 Å². The average Bonchev–Trinajstić information content (AvgIpc) is 3.05. The van der Waals surface area contributed by atoms with E-state index in [0.717, 1.165) is 27.0 Å². The summed E-state index contributed by atoms with van der Waals surface area (Å²) in [5.41, 5.74) is 1.72. The lowest BCUT2D eigenvalue weighted by molar-refractivity contribution is 0.104. The van der Waals surface area contributed by atoms with Crippen LogP contribution in [0.3, 0.4) is 0 Å². The number of hydrogen-bond acceptors (Lipinski definition) is 3. The Labute approximate surface area is 150 Å². The van der Waals surface area contributed by atoms with Crippen molar-refractivity contribution in [1.82, 2.24) is 0 Å². The fourth-order valence-electron chi connectivity index (χ4n) is 2.92. The molecule has 0 saturated heterocycles. The monoisotopic (exact) mass is 344 g/mol. The van der Waals surface area contributed by atoms with Gasteiger partial charge in [0.05, 0.1) is 7.11 Å². The van der Waals surface area contributed by atoms with Crippen molar-refractivity contribution in [3.05, 3.63) is 83.9 Å². The Morgan fingerprint density at radius 1 is 0.920 bits per heavy atom. The van der Waals surface area contributed by atoms with Crippen LogP contribution in [0.2, 0.25) is 0 Å². The van der Waals surface area contributed by atoms with Crippen LogP contribution >= 0.6 is 11.3 Å². The number of hydrogen-bond donors (Lipinski definition) is 0. The second-order valence-electron chi connectivity index (χ2n) is 5.75. The molecule has 3 heteroatoms. The molecule has 0 aliphatic carbocycles. The first-order valence-electron chi connectivity index (χ1n) is 8.03. The van der Waals surface area contributed by atoms with Crippen LogP contribution in [0.15, 0.2) is 72.8 Å². The van der Waals surface area contributed by atoms with Gasteiger partial charge in [0.2, 0.25) is 0 Å². The smallest absolute Gasteiger partial charge is 0.187 e. The molecule has 0 spiro atoms. The lowest BCUT2D eigenvalue weighted by atomic mass is 10.1. The molecular formula is C22H16O2S. The molecule has 1 aromatic heterocycles. The molecule has 0 saturated carbocycles. The number of allylic oxidation sites excluding steroid dienone is 1. The van der Waals surface area contributed by atoms with Crippen molar-refractivity contribution >= 4 is 43.4 Å². The third-order valence-electron chi connectivity index (χ3n) is 4.21. The average molecular weight is 344 g/mol. The molecule has 2 nitrogen and oxygen atoms in total. The van der Waals surface area contributed by atoms with Gasteiger partial charge in [0.15, 0.2) is 5.78 Å². The molecule has 0 amide bonds. The first kappa shape index (κ1) is 15.6. The van der Waals surface area contributed by atoms with Gasteiger partial charge >= 0.3 is 0 Å². The maximum atomic E-state index is 12.7. The van der Waals surface area contributed by atoms with Crippen molar-refractivity contribution < 1.29 is 9.53 Å². The zero-order valence-electron chi connectivity index (χ0n) is 13.7. The molecule has 122 valence electrons. The molecule has 0 N–H and O–H groups in total. The summed E-state index contributed by atoms with van der Waals surface area (Å²) in [4.78, 5) is 12.7. The highest BCUT2D eigenvalue weighted by atomic mass is 32.1. The van der Waals surface area contributed by atoms with Crippen molar-refractivity contribution in [2.45, 2.75) is 0 Å². The SMILES string of the molecule is COc1ccc(/C=C/C(=O)c2cccc3c2sc2ccccc23)cc1. The second kappa shape index (κ2) is 6.54. The van der Waals surface area contributed by atoms with Gasteiger partial charge in [-0.2, -0.15) is 0 Å². The second-order valence-corrected chi connectivity index (χ2v) is 6.80. The van der Waals surface area contributed by atoms with Gasteiger partial charge in [-0.25, -0.2) is 0 Å². The minimum atomic E-state index is 0.0213. The zero-order chi connectivity index (χ0) is 17.2. The van der Waals surface area contributed by atoms with Crippen molar-refractivity contribution in [3.63, 3.8) is 0 Å². The Bertz CT molecular complexity index is 1090. The molecule has 0 aliphatic heterocycles. The summed E-state index contributed by atoms with van der Waals surface area (Å²) in [6.07, 6.45) is 3.48. The van der Waals surface area contributed by atoms with E-state index < -0.39 is 0 Å². The van der Waals surface area contributed by atoms with Gasteiger partial charge in [-0.3, -0.25) is 4.79 Å². The summed E-state index contributed by atoms with van der Waals surface area (Å²) in [5.74, 6) is 0.825. The number of carbonyl (C=O) groups excluding carboxylic acids is 1. The number of benzene rings is 3. The van der Waals surface area contributed by atoms with E-state index in [9.17, 15) is 4.79 Å². The topological polar surface area (TPSA) is 26.3 Å². The summed E-state index contributed by atoms with van der Waals surface area (Å²) in [6.45, 7) is 0. The van der Waals surface area contributed by atoms with E-state index in [1.165, 1.54) is 10.1 Å². The molecule has 0 aliphatic rings. The molecule has 0 atom stereocenters. The van der Waals surface area contributed by atoms with Crippen LogP contribution in [-0.2, 0) is 0 Å². The molecule has 1 heterocycles. The first-order chi connectivity index (χ1) is 12.3. The van der Waals surface area contributed by atoms with Crippen LogP contribution in [0.25, 0.3) is 26.2 Å². The fourth-order valence-corrected chi connectivity index (χ4v) is 4.14. The van der Waals surface area contributed by atoms with Crippen LogP contribution in [0.1, 0.15) is 15.9 Å². The highest BCUT2D eigenvalue weighted by molar-refractivity contribution is 7.26. The first-order valence-corrected chi connectivity index (χ1v) is 8.84. The lowest BCUT2D eigenvalue weighted by Crippen LogP contribution is -1.93. The van der Waals surface area contributed by atoms with Crippen LogP contribution in [0.4, 0.5) is 0 Å². The van der Waals surface area contributed by atoms with Gasteiger partial charge in [-0.15, -0.1) is 11.3 Å². The lowest BCUT2D eigenvalue weighted by Gasteiger charge is -2.00. The van der Waals surface area contributed by atoms with E-state index in [1.54, 1.807) is 24.5 Å². The Kier molecular flexibility index (Phi) is 4.08. The van der Waals surface area contributed by atoms with Gasteiger partial charge in [-0.1, -0.05) is 48.5 Å². The summed E-state index contributed by atoms with van der Waals surface area (Å²) >= 11 is 1.67. The summed E-state index contributed by atoms with van der Waals surface area (Å²) in [7, 11) is 1.64. The Morgan fingerprint density at radius 3 is 2.48 bits per heavy atom. The Hall–Kier alpha value is -2.91. The van der Waals surface area contributed by atoms with Crippen molar-refractivity contribution in [3.8, 4) is 5.75 Å². The van der Waals surface area contributed by atoms with Crippen LogP contribution in [0.5, 0.6) is 5.75 Å². The predicted molar refractivity (Wildman–Crippen MR) is 106 cm³/mol. The van der Waals surface area contributed by atoms with Gasteiger partial charge in [-0.05, 0) is 35.9 Å². The third kappa shape index (κ3) is 2.94. The van der Waals surface area contributed by atoms with Crippen molar-refractivity contribution in [1.29, 1.82) is 0 Å².